The van der Waals surface area contributed by atoms with E-state index in [1.54, 1.807) is 0 Å². The molecule has 0 saturated carbocycles. The van der Waals surface area contributed by atoms with Crippen molar-refractivity contribution in [3.63, 3.8) is 0 Å². The normalized spacial score (nSPS) is 14.1. The maximum Gasteiger partial charge on any atom is 0.0624 e. The molecule has 2 heteroatoms. The monoisotopic (exact) mass is 811 g/mol. The van der Waals surface area contributed by atoms with Gasteiger partial charge in [-0.1, -0.05) is 191 Å². The lowest BCUT2D eigenvalue weighted by Crippen LogP contribution is -2.20. The van der Waals surface area contributed by atoms with Crippen LogP contribution in [0.1, 0.15) is 49.9 Å². The predicted octanol–water partition coefficient (Wildman–Crippen LogP) is 17.1. The summed E-state index contributed by atoms with van der Waals surface area (Å²) in [4.78, 5) is 2.57. The van der Waals surface area contributed by atoms with E-state index in [1.165, 1.54) is 104 Å². The Bertz CT molecular complexity index is 3370. The highest BCUT2D eigenvalue weighted by molar-refractivity contribution is 7.26. The first-order valence-corrected chi connectivity index (χ1v) is 22.6. The average Bonchev–Trinajstić information content (AvgIpc) is 3.89. The molecule has 12 rings (SSSR count). The molecule has 1 nitrogen and oxygen atoms in total. The SMILES string of the molecule is CC1(C)c2ccccc2-c2c1cc1c(c2N(c2ccc(-c3ccccc3)cc2)c2ccc(-c3cccc4c3sc3ccccc34)cc2)-c2ccc(-c3ccccc3)cc2C1(C)C. The third kappa shape index (κ3) is 5.46. The van der Waals surface area contributed by atoms with Gasteiger partial charge in [-0.25, -0.2) is 0 Å². The molecule has 1 heterocycles. The van der Waals surface area contributed by atoms with E-state index in [1.807, 2.05) is 11.3 Å². The van der Waals surface area contributed by atoms with Crippen molar-refractivity contribution in [3.05, 3.63) is 222 Å². The molecule has 1 aromatic heterocycles. The van der Waals surface area contributed by atoms with Crippen molar-refractivity contribution in [3.8, 4) is 55.6 Å². The van der Waals surface area contributed by atoms with E-state index >= 15 is 0 Å². The van der Waals surface area contributed by atoms with Crippen LogP contribution < -0.4 is 4.90 Å². The summed E-state index contributed by atoms with van der Waals surface area (Å²) in [6, 6.07) is 74.6. The van der Waals surface area contributed by atoms with E-state index in [9.17, 15) is 0 Å². The lowest BCUT2D eigenvalue weighted by atomic mass is 9.77. The smallest absolute Gasteiger partial charge is 0.0624 e. The second-order valence-corrected chi connectivity index (χ2v) is 19.1. The molecule has 0 aliphatic heterocycles. The molecule has 0 amide bonds. The topological polar surface area (TPSA) is 3.24 Å². The van der Waals surface area contributed by atoms with E-state index in [0.29, 0.717) is 0 Å². The molecule has 62 heavy (non-hydrogen) atoms. The summed E-state index contributed by atoms with van der Waals surface area (Å²) in [6.07, 6.45) is 0. The van der Waals surface area contributed by atoms with Crippen molar-refractivity contribution in [2.24, 2.45) is 0 Å². The number of benzene rings is 9. The van der Waals surface area contributed by atoms with Gasteiger partial charge < -0.3 is 4.90 Å². The highest BCUT2D eigenvalue weighted by atomic mass is 32.1. The fourth-order valence-corrected chi connectivity index (χ4v) is 11.9. The van der Waals surface area contributed by atoms with Gasteiger partial charge in [0.15, 0.2) is 0 Å². The minimum absolute atomic E-state index is 0.189. The molecule has 2 aliphatic rings. The van der Waals surface area contributed by atoms with E-state index in [2.05, 4.69) is 233 Å². The number of rotatable bonds is 6. The van der Waals surface area contributed by atoms with Crippen molar-refractivity contribution in [2.75, 3.05) is 4.90 Å². The van der Waals surface area contributed by atoms with Crippen LogP contribution in [0.3, 0.4) is 0 Å². The summed E-state index contributed by atoms with van der Waals surface area (Å²) in [7, 11) is 0. The molecule has 0 unspecified atom stereocenters. The van der Waals surface area contributed by atoms with Gasteiger partial charge in [0.1, 0.15) is 0 Å². The van der Waals surface area contributed by atoms with Gasteiger partial charge in [0.05, 0.1) is 5.69 Å². The first-order valence-electron chi connectivity index (χ1n) is 21.8. The van der Waals surface area contributed by atoms with Gasteiger partial charge in [0.2, 0.25) is 0 Å². The second-order valence-electron chi connectivity index (χ2n) is 18.1. The Morgan fingerprint density at radius 1 is 0.355 bits per heavy atom. The highest BCUT2D eigenvalue weighted by Gasteiger charge is 2.45. The Labute approximate surface area is 368 Å². The molecule has 296 valence electrons. The zero-order valence-electron chi connectivity index (χ0n) is 35.4. The van der Waals surface area contributed by atoms with Crippen LogP contribution >= 0.6 is 11.3 Å². The number of fused-ring (bicyclic) bond motifs is 9. The number of thiophene rings is 1. The summed E-state index contributed by atoms with van der Waals surface area (Å²) in [5, 5.41) is 2.64. The van der Waals surface area contributed by atoms with Gasteiger partial charge in [-0.15, -0.1) is 11.3 Å². The van der Waals surface area contributed by atoms with Crippen molar-refractivity contribution < 1.29 is 0 Å². The molecular formula is C60H45NS. The highest BCUT2D eigenvalue weighted by Crippen LogP contribution is 2.63. The fourth-order valence-electron chi connectivity index (χ4n) is 10.7. The Morgan fingerprint density at radius 2 is 0.855 bits per heavy atom. The summed E-state index contributed by atoms with van der Waals surface area (Å²) in [5.41, 5.74) is 21.3. The number of hydrogen-bond donors (Lipinski definition) is 0. The van der Waals surface area contributed by atoms with Crippen LogP contribution in [-0.2, 0) is 10.8 Å². The maximum absolute atomic E-state index is 2.57. The minimum Gasteiger partial charge on any atom is -0.309 e. The van der Waals surface area contributed by atoms with E-state index in [0.717, 1.165) is 11.4 Å². The Morgan fingerprint density at radius 3 is 1.55 bits per heavy atom. The van der Waals surface area contributed by atoms with E-state index in [4.69, 9.17) is 0 Å². The van der Waals surface area contributed by atoms with Crippen LogP contribution in [0.5, 0.6) is 0 Å². The Kier molecular flexibility index (Phi) is 8.17. The largest absolute Gasteiger partial charge is 0.309 e. The first kappa shape index (κ1) is 36.8. The number of nitrogens with zero attached hydrogens (tertiary/aromatic N) is 1. The predicted molar refractivity (Wildman–Crippen MR) is 265 cm³/mol. The average molecular weight is 812 g/mol. The summed E-state index contributed by atoms with van der Waals surface area (Å²) in [6.45, 7) is 9.69. The van der Waals surface area contributed by atoms with Gasteiger partial charge in [-0.3, -0.25) is 0 Å². The third-order valence-corrected chi connectivity index (χ3v) is 15.1. The van der Waals surface area contributed by atoms with Crippen LogP contribution in [0.15, 0.2) is 200 Å². The van der Waals surface area contributed by atoms with Crippen LogP contribution in [-0.4, -0.2) is 0 Å². The molecule has 0 fully saturated rings. The van der Waals surface area contributed by atoms with Gasteiger partial charge in [-0.2, -0.15) is 0 Å². The second kappa shape index (κ2) is 13.8. The third-order valence-electron chi connectivity index (χ3n) is 13.9. The molecular weight excluding hydrogens is 767 g/mol. The Hall–Kier alpha value is -7.00. The number of anilines is 3. The van der Waals surface area contributed by atoms with Crippen LogP contribution in [0.4, 0.5) is 17.1 Å². The molecule has 0 spiro atoms. The molecule has 10 aromatic rings. The lowest BCUT2D eigenvalue weighted by Gasteiger charge is -2.33. The maximum atomic E-state index is 2.57. The molecule has 0 atom stereocenters. The summed E-state index contributed by atoms with van der Waals surface area (Å²) >= 11 is 1.89. The lowest BCUT2D eigenvalue weighted by molar-refractivity contribution is 0.639. The summed E-state index contributed by atoms with van der Waals surface area (Å²) < 4.78 is 2.66. The van der Waals surface area contributed by atoms with Crippen LogP contribution in [0, 0.1) is 0 Å². The van der Waals surface area contributed by atoms with Gasteiger partial charge in [0.25, 0.3) is 0 Å². The summed E-state index contributed by atoms with van der Waals surface area (Å²) in [5.74, 6) is 0. The van der Waals surface area contributed by atoms with E-state index in [-0.39, 0.29) is 10.8 Å². The van der Waals surface area contributed by atoms with Gasteiger partial charge >= 0.3 is 0 Å². The molecule has 0 N–H and O–H groups in total. The standard InChI is InChI=1S/C60H45NS/c1-59(2)50-24-13-11-21-48(50)55-52(59)37-53-56(49-35-30-42(36-51(49)60(53,3)4)39-18-9-6-10-19-39)57(55)61(43-31-26-40(27-32-43)38-16-7-5-8-17-38)44-33-28-41(29-34-44)45-22-15-23-47-46-20-12-14-25-54(46)62-58(45)47/h5-37H,1-4H3. The van der Waals surface area contributed by atoms with Crippen molar-refractivity contribution in [1.29, 1.82) is 0 Å². The zero-order chi connectivity index (χ0) is 41.7. The van der Waals surface area contributed by atoms with Crippen molar-refractivity contribution in [1.82, 2.24) is 0 Å². The number of hydrogen-bond acceptors (Lipinski definition) is 2. The van der Waals surface area contributed by atoms with Gasteiger partial charge in [-0.05, 0) is 103 Å². The first-order chi connectivity index (χ1) is 30.3. The molecule has 0 bridgehead atoms. The molecule has 0 radical (unpaired) electrons. The molecule has 9 aromatic carbocycles. The van der Waals surface area contributed by atoms with Crippen molar-refractivity contribution in [2.45, 2.75) is 38.5 Å². The minimum atomic E-state index is -0.236. The molecule has 2 aliphatic carbocycles. The zero-order valence-corrected chi connectivity index (χ0v) is 36.2. The molecule has 0 saturated heterocycles. The van der Waals surface area contributed by atoms with Crippen molar-refractivity contribution >= 4 is 48.6 Å². The van der Waals surface area contributed by atoms with Crippen LogP contribution in [0.2, 0.25) is 0 Å². The van der Waals surface area contributed by atoms with Crippen LogP contribution in [0.25, 0.3) is 75.8 Å². The van der Waals surface area contributed by atoms with Gasteiger partial charge in [0, 0.05) is 53.5 Å². The fraction of sp³-hybridized carbons (Fsp3) is 0.100. The quantitative estimate of drug-likeness (QED) is 0.162. The van der Waals surface area contributed by atoms with E-state index < -0.39 is 0 Å². The Balaban J connectivity index is 1.12.